The van der Waals surface area contributed by atoms with Gasteiger partial charge in [-0.1, -0.05) is 12.8 Å². The van der Waals surface area contributed by atoms with Gasteiger partial charge in [0, 0.05) is 18.2 Å². The summed E-state index contributed by atoms with van der Waals surface area (Å²) in [6, 6.07) is 4.37. The average Bonchev–Trinajstić information content (AvgIpc) is 2.63. The van der Waals surface area contributed by atoms with Crippen LogP contribution in [0, 0.1) is 12.7 Å². The Hall–Kier alpha value is -1.42. The van der Waals surface area contributed by atoms with Crippen LogP contribution in [-0.4, -0.2) is 34.6 Å². The van der Waals surface area contributed by atoms with E-state index >= 15 is 0 Å². The Morgan fingerprint density at radius 2 is 2.19 bits per heavy atom. The van der Waals surface area contributed by atoms with Gasteiger partial charge in [-0.2, -0.15) is 0 Å². The number of likely N-dealkylation sites (tertiary alicyclic amines) is 1. The predicted octanol–water partition coefficient (Wildman–Crippen LogP) is 3.29. The summed E-state index contributed by atoms with van der Waals surface area (Å²) in [5.74, 6) is -0.361. The third kappa shape index (κ3) is 4.03. The van der Waals surface area contributed by atoms with Gasteiger partial charge in [0.15, 0.2) is 0 Å². The van der Waals surface area contributed by atoms with Gasteiger partial charge in [0.25, 0.3) is 5.91 Å². The van der Waals surface area contributed by atoms with Crippen molar-refractivity contribution < 1.29 is 14.3 Å². The van der Waals surface area contributed by atoms with Crippen molar-refractivity contribution in [2.45, 2.75) is 58.1 Å². The van der Waals surface area contributed by atoms with Gasteiger partial charge in [-0.25, -0.2) is 4.39 Å². The summed E-state index contributed by atoms with van der Waals surface area (Å²) in [6.45, 7) is 4.24. The van der Waals surface area contributed by atoms with Gasteiger partial charge in [-0.15, -0.1) is 0 Å². The largest absolute Gasteiger partial charge is 0.393 e. The second-order valence-corrected chi connectivity index (χ2v) is 6.05. The molecule has 116 valence electrons. The molecule has 0 bridgehead atoms. The van der Waals surface area contributed by atoms with Gasteiger partial charge < -0.3 is 10.0 Å². The second kappa shape index (κ2) is 7.03. The molecule has 0 aliphatic carbocycles. The molecule has 21 heavy (non-hydrogen) atoms. The lowest BCUT2D eigenvalue weighted by atomic mass is 10.0. The van der Waals surface area contributed by atoms with E-state index in [9.17, 15) is 14.3 Å². The molecule has 2 unspecified atom stereocenters. The maximum atomic E-state index is 13.2. The highest BCUT2D eigenvalue weighted by Crippen LogP contribution is 2.24. The molecule has 1 aliphatic heterocycles. The van der Waals surface area contributed by atoms with Gasteiger partial charge in [0.05, 0.1) is 6.10 Å². The number of carbonyl (C=O) groups is 1. The van der Waals surface area contributed by atoms with Gasteiger partial charge in [-0.3, -0.25) is 4.79 Å². The zero-order valence-corrected chi connectivity index (χ0v) is 12.8. The lowest BCUT2D eigenvalue weighted by molar-refractivity contribution is 0.0606. The molecule has 1 aromatic rings. The van der Waals surface area contributed by atoms with Gasteiger partial charge in [0.1, 0.15) is 5.82 Å². The first kappa shape index (κ1) is 16.0. The standard InChI is InChI=1S/C17H24FNO2/c1-12-10-14(18)7-8-16(12)17(21)19-9-5-3-4-6-15(19)11-13(2)20/h7-8,10,13,15,20H,3-6,9,11H2,1-2H3. The molecular formula is C17H24FNO2. The van der Waals surface area contributed by atoms with Crippen LogP contribution in [0.4, 0.5) is 4.39 Å². The molecule has 2 atom stereocenters. The molecule has 0 radical (unpaired) electrons. The number of hydrogen-bond acceptors (Lipinski definition) is 2. The molecule has 2 rings (SSSR count). The quantitative estimate of drug-likeness (QED) is 0.929. The molecule has 1 saturated heterocycles. The molecule has 1 amide bonds. The lowest BCUT2D eigenvalue weighted by Crippen LogP contribution is -2.41. The van der Waals surface area contributed by atoms with E-state index in [-0.39, 0.29) is 17.8 Å². The number of amides is 1. The summed E-state index contributed by atoms with van der Waals surface area (Å²) >= 11 is 0. The number of carbonyl (C=O) groups excluding carboxylic acids is 1. The number of aliphatic hydroxyl groups is 1. The van der Waals surface area contributed by atoms with Crippen LogP contribution >= 0.6 is 0 Å². The molecule has 1 aromatic carbocycles. The van der Waals surface area contributed by atoms with Crippen LogP contribution in [0.15, 0.2) is 18.2 Å². The summed E-state index contributed by atoms with van der Waals surface area (Å²) in [5.41, 5.74) is 1.23. The Labute approximate surface area is 125 Å². The number of aryl methyl sites for hydroxylation is 1. The number of rotatable bonds is 3. The smallest absolute Gasteiger partial charge is 0.254 e. The van der Waals surface area contributed by atoms with Crippen molar-refractivity contribution in [3.05, 3.63) is 35.1 Å². The van der Waals surface area contributed by atoms with Crippen molar-refractivity contribution in [1.82, 2.24) is 4.90 Å². The van der Waals surface area contributed by atoms with E-state index in [2.05, 4.69) is 0 Å². The maximum absolute atomic E-state index is 13.2. The normalized spacial score (nSPS) is 21.0. The summed E-state index contributed by atoms with van der Waals surface area (Å²) in [7, 11) is 0. The Balaban J connectivity index is 2.24. The number of benzene rings is 1. The van der Waals surface area contributed by atoms with E-state index in [1.807, 2.05) is 4.90 Å². The van der Waals surface area contributed by atoms with E-state index in [1.165, 1.54) is 12.1 Å². The fourth-order valence-corrected chi connectivity index (χ4v) is 3.11. The highest BCUT2D eigenvalue weighted by molar-refractivity contribution is 5.95. The maximum Gasteiger partial charge on any atom is 0.254 e. The molecule has 4 heteroatoms. The minimum absolute atomic E-state index is 0.0416. The van der Waals surface area contributed by atoms with E-state index in [1.54, 1.807) is 19.9 Å². The summed E-state index contributed by atoms with van der Waals surface area (Å²) in [5, 5.41) is 9.67. The fourth-order valence-electron chi connectivity index (χ4n) is 3.11. The zero-order valence-electron chi connectivity index (χ0n) is 12.8. The molecule has 0 spiro atoms. The van der Waals surface area contributed by atoms with Crippen LogP contribution < -0.4 is 0 Å². The van der Waals surface area contributed by atoms with E-state index < -0.39 is 6.10 Å². The van der Waals surface area contributed by atoms with Gasteiger partial charge in [0.2, 0.25) is 0 Å². The molecule has 1 heterocycles. The first-order chi connectivity index (χ1) is 9.99. The van der Waals surface area contributed by atoms with Crippen LogP contribution in [0.1, 0.15) is 54.9 Å². The SMILES string of the molecule is Cc1cc(F)ccc1C(=O)N1CCCCCC1CC(C)O. The Bertz CT molecular complexity index is 502. The first-order valence-electron chi connectivity index (χ1n) is 7.74. The highest BCUT2D eigenvalue weighted by Gasteiger charge is 2.27. The topological polar surface area (TPSA) is 40.5 Å². The predicted molar refractivity (Wildman–Crippen MR) is 80.7 cm³/mol. The van der Waals surface area contributed by atoms with Crippen LogP contribution in [-0.2, 0) is 0 Å². The monoisotopic (exact) mass is 293 g/mol. The van der Waals surface area contributed by atoms with Crippen molar-refractivity contribution in [2.75, 3.05) is 6.54 Å². The van der Waals surface area contributed by atoms with Crippen LogP contribution in [0.2, 0.25) is 0 Å². The van der Waals surface area contributed by atoms with E-state index in [4.69, 9.17) is 0 Å². The lowest BCUT2D eigenvalue weighted by Gasteiger charge is -2.31. The van der Waals surface area contributed by atoms with Gasteiger partial charge in [-0.05, 0) is 56.9 Å². The minimum Gasteiger partial charge on any atom is -0.393 e. The summed E-state index contributed by atoms with van der Waals surface area (Å²) < 4.78 is 13.2. The van der Waals surface area contributed by atoms with Crippen molar-refractivity contribution in [2.24, 2.45) is 0 Å². The Morgan fingerprint density at radius 3 is 2.86 bits per heavy atom. The van der Waals surface area contributed by atoms with Gasteiger partial charge >= 0.3 is 0 Å². The second-order valence-electron chi connectivity index (χ2n) is 6.05. The molecule has 1 N–H and O–H groups in total. The van der Waals surface area contributed by atoms with Crippen molar-refractivity contribution in [3.63, 3.8) is 0 Å². The molecule has 1 fully saturated rings. The van der Waals surface area contributed by atoms with E-state index in [0.29, 0.717) is 24.1 Å². The number of halogens is 1. The van der Waals surface area contributed by atoms with Crippen molar-refractivity contribution in [3.8, 4) is 0 Å². The zero-order chi connectivity index (χ0) is 15.4. The molecule has 0 aromatic heterocycles. The average molecular weight is 293 g/mol. The van der Waals surface area contributed by atoms with Crippen molar-refractivity contribution in [1.29, 1.82) is 0 Å². The summed E-state index contributed by atoms with van der Waals surface area (Å²) in [6.07, 6.45) is 4.30. The number of hydrogen-bond donors (Lipinski definition) is 1. The minimum atomic E-state index is -0.419. The fraction of sp³-hybridized carbons (Fsp3) is 0.588. The van der Waals surface area contributed by atoms with Crippen molar-refractivity contribution >= 4 is 5.91 Å². The molecular weight excluding hydrogens is 269 g/mol. The third-order valence-electron chi connectivity index (χ3n) is 4.17. The Morgan fingerprint density at radius 1 is 1.43 bits per heavy atom. The van der Waals surface area contributed by atoms with Crippen LogP contribution in [0.5, 0.6) is 0 Å². The third-order valence-corrected chi connectivity index (χ3v) is 4.17. The van der Waals surface area contributed by atoms with Crippen LogP contribution in [0.25, 0.3) is 0 Å². The summed E-state index contributed by atoms with van der Waals surface area (Å²) in [4.78, 5) is 14.7. The highest BCUT2D eigenvalue weighted by atomic mass is 19.1. The molecule has 3 nitrogen and oxygen atoms in total. The number of aliphatic hydroxyl groups excluding tert-OH is 1. The van der Waals surface area contributed by atoms with Crippen LogP contribution in [0.3, 0.4) is 0 Å². The molecule has 0 saturated carbocycles. The Kier molecular flexibility index (Phi) is 5.34. The first-order valence-corrected chi connectivity index (χ1v) is 7.74. The number of nitrogens with zero attached hydrogens (tertiary/aromatic N) is 1. The molecule has 1 aliphatic rings. The van der Waals surface area contributed by atoms with E-state index in [0.717, 1.165) is 25.7 Å².